The Morgan fingerprint density at radius 2 is 1.89 bits per heavy atom. The highest BCUT2D eigenvalue weighted by Gasteiger charge is 2.35. The lowest BCUT2D eigenvalue weighted by molar-refractivity contribution is 0.328. The first-order valence-corrected chi connectivity index (χ1v) is 11.9. The third-order valence-corrected chi connectivity index (χ3v) is 8.39. The highest BCUT2D eigenvalue weighted by atomic mass is 32.2. The second kappa shape index (κ2) is 7.05. The lowest BCUT2D eigenvalue weighted by atomic mass is 9.97. The van der Waals surface area contributed by atoms with Crippen LogP contribution in [0.15, 0.2) is 54.7 Å². The number of hydrogen-bond donors (Lipinski definition) is 1. The van der Waals surface area contributed by atoms with Gasteiger partial charge in [0, 0.05) is 30.2 Å². The van der Waals surface area contributed by atoms with Crippen LogP contribution in [0.25, 0.3) is 10.9 Å². The van der Waals surface area contributed by atoms with Gasteiger partial charge in [0.15, 0.2) is 9.84 Å². The zero-order valence-corrected chi connectivity index (χ0v) is 16.8. The van der Waals surface area contributed by atoms with Gasteiger partial charge in [-0.3, -0.25) is 4.90 Å². The Morgan fingerprint density at radius 3 is 2.75 bits per heavy atom. The zero-order chi connectivity index (χ0) is 19.1. The van der Waals surface area contributed by atoms with Crippen LogP contribution in [0.3, 0.4) is 0 Å². The van der Waals surface area contributed by atoms with Crippen molar-refractivity contribution in [2.24, 2.45) is 0 Å². The van der Waals surface area contributed by atoms with Crippen LogP contribution in [0.5, 0.6) is 0 Å². The molecule has 5 rings (SSSR count). The number of nitrogens with one attached hydrogen (secondary N) is 1. The van der Waals surface area contributed by atoms with Crippen molar-refractivity contribution in [3.63, 3.8) is 0 Å². The molecule has 0 radical (unpaired) electrons. The Bertz CT molecular complexity index is 1100. The van der Waals surface area contributed by atoms with Crippen molar-refractivity contribution < 1.29 is 8.42 Å². The lowest BCUT2D eigenvalue weighted by Crippen LogP contribution is -2.19. The van der Waals surface area contributed by atoms with Crippen LogP contribution < -0.4 is 0 Å². The fraction of sp³-hybridized carbons (Fsp3) is 0.391. The van der Waals surface area contributed by atoms with Crippen LogP contribution in [0.2, 0.25) is 0 Å². The molecule has 146 valence electrons. The molecule has 1 aliphatic heterocycles. The Hall–Kier alpha value is -2.11. The molecule has 0 spiro atoms. The fourth-order valence-corrected chi connectivity index (χ4v) is 6.20. The normalized spacial score (nSPS) is 20.8. The molecule has 2 aliphatic rings. The summed E-state index contributed by atoms with van der Waals surface area (Å²) in [7, 11) is -2.96. The van der Waals surface area contributed by atoms with Crippen LogP contribution in [0, 0.1) is 0 Å². The van der Waals surface area contributed by atoms with Crippen molar-refractivity contribution in [3.8, 4) is 0 Å². The van der Waals surface area contributed by atoms with Crippen LogP contribution >= 0.6 is 0 Å². The number of sulfone groups is 1. The monoisotopic (exact) mass is 394 g/mol. The number of hydrogen-bond acceptors (Lipinski definition) is 3. The molecule has 2 aromatic carbocycles. The molecule has 28 heavy (non-hydrogen) atoms. The molecule has 1 saturated heterocycles. The van der Waals surface area contributed by atoms with E-state index in [9.17, 15) is 8.42 Å². The minimum absolute atomic E-state index is 0.0886. The maximum absolute atomic E-state index is 12.3. The highest BCUT2D eigenvalue weighted by Crippen LogP contribution is 2.33. The molecule has 5 heteroatoms. The van der Waals surface area contributed by atoms with Crippen molar-refractivity contribution in [2.45, 2.75) is 42.7 Å². The van der Waals surface area contributed by atoms with Crippen molar-refractivity contribution in [2.75, 3.05) is 13.1 Å². The Morgan fingerprint density at radius 1 is 1.04 bits per heavy atom. The highest BCUT2D eigenvalue weighted by molar-refractivity contribution is 7.91. The number of fused-ring (bicyclic) bond motifs is 1. The standard InChI is InChI=1S/C23H26N2O2S/c26-28(27,21-8-9-21)16-17-4-3-5-18(12-17)19-10-11-25(14-19)15-20-13-24-23-7-2-1-6-22(20)23/h1-7,12-13,19,21,24H,8-11,14-16H2. The van der Waals surface area contributed by atoms with E-state index in [1.54, 1.807) is 0 Å². The molecule has 2 fully saturated rings. The van der Waals surface area contributed by atoms with E-state index < -0.39 is 9.84 Å². The van der Waals surface area contributed by atoms with E-state index in [0.717, 1.165) is 44.5 Å². The number of H-pyrrole nitrogens is 1. The lowest BCUT2D eigenvalue weighted by Gasteiger charge is -2.16. The van der Waals surface area contributed by atoms with Gasteiger partial charge in [-0.05, 0) is 54.5 Å². The van der Waals surface area contributed by atoms with Gasteiger partial charge < -0.3 is 4.98 Å². The van der Waals surface area contributed by atoms with Crippen molar-refractivity contribution in [1.82, 2.24) is 9.88 Å². The Balaban J connectivity index is 1.27. The van der Waals surface area contributed by atoms with E-state index in [0.29, 0.717) is 5.92 Å². The molecule has 1 aliphatic carbocycles. The summed E-state index contributed by atoms with van der Waals surface area (Å²) < 4.78 is 24.6. The Labute approximate surface area is 166 Å². The summed E-state index contributed by atoms with van der Waals surface area (Å²) in [4.78, 5) is 5.87. The van der Waals surface area contributed by atoms with Crippen molar-refractivity contribution >= 4 is 20.7 Å². The number of aromatic amines is 1. The number of likely N-dealkylation sites (tertiary alicyclic amines) is 1. The third kappa shape index (κ3) is 3.61. The van der Waals surface area contributed by atoms with Crippen LogP contribution in [0.1, 0.15) is 41.9 Å². The molecule has 3 aromatic rings. The predicted molar refractivity (Wildman–Crippen MR) is 113 cm³/mol. The first-order valence-electron chi connectivity index (χ1n) is 10.2. The van der Waals surface area contributed by atoms with E-state index in [-0.39, 0.29) is 11.0 Å². The van der Waals surface area contributed by atoms with Gasteiger partial charge in [0.1, 0.15) is 0 Å². The Kier molecular flexibility index (Phi) is 4.52. The summed E-state index contributed by atoms with van der Waals surface area (Å²) in [6.07, 6.45) is 4.93. The number of nitrogens with zero attached hydrogens (tertiary/aromatic N) is 1. The van der Waals surface area contributed by atoms with Gasteiger partial charge in [-0.1, -0.05) is 42.5 Å². The van der Waals surface area contributed by atoms with E-state index >= 15 is 0 Å². The quantitative estimate of drug-likeness (QED) is 0.681. The summed E-state index contributed by atoms with van der Waals surface area (Å²) in [6, 6.07) is 16.7. The van der Waals surface area contributed by atoms with E-state index in [1.165, 1.54) is 22.0 Å². The van der Waals surface area contributed by atoms with Gasteiger partial charge in [0.2, 0.25) is 0 Å². The molecule has 1 N–H and O–H groups in total. The molecular formula is C23H26N2O2S. The molecule has 4 nitrogen and oxygen atoms in total. The topological polar surface area (TPSA) is 53.2 Å². The second-order valence-electron chi connectivity index (χ2n) is 8.33. The molecule has 2 heterocycles. The molecule has 0 bridgehead atoms. The smallest absolute Gasteiger partial charge is 0.157 e. The summed E-state index contributed by atoms with van der Waals surface area (Å²) in [5.74, 6) is 0.672. The predicted octanol–water partition coefficient (Wildman–Crippen LogP) is 4.23. The molecule has 0 amide bonds. The average molecular weight is 395 g/mol. The summed E-state index contributed by atoms with van der Waals surface area (Å²) in [5, 5.41) is 1.22. The zero-order valence-electron chi connectivity index (χ0n) is 16.0. The minimum Gasteiger partial charge on any atom is -0.361 e. The molecular weight excluding hydrogens is 368 g/mol. The number of aromatic nitrogens is 1. The first kappa shape index (κ1) is 18.0. The molecule has 1 atom stereocenters. The summed E-state index contributed by atoms with van der Waals surface area (Å²) in [5.41, 5.74) is 4.77. The largest absolute Gasteiger partial charge is 0.361 e. The van der Waals surface area contributed by atoms with Gasteiger partial charge in [-0.2, -0.15) is 0 Å². The van der Waals surface area contributed by atoms with Gasteiger partial charge in [-0.15, -0.1) is 0 Å². The minimum atomic E-state index is -2.96. The fourth-order valence-electron chi connectivity index (χ4n) is 4.47. The van der Waals surface area contributed by atoms with Crippen LogP contribution in [0.4, 0.5) is 0 Å². The van der Waals surface area contributed by atoms with Gasteiger partial charge in [0.05, 0.1) is 11.0 Å². The van der Waals surface area contributed by atoms with Gasteiger partial charge >= 0.3 is 0 Å². The molecule has 1 saturated carbocycles. The molecule has 1 unspecified atom stereocenters. The van der Waals surface area contributed by atoms with E-state index in [4.69, 9.17) is 0 Å². The van der Waals surface area contributed by atoms with Crippen LogP contribution in [-0.2, 0) is 22.1 Å². The van der Waals surface area contributed by atoms with E-state index in [2.05, 4.69) is 52.5 Å². The van der Waals surface area contributed by atoms with Gasteiger partial charge in [0.25, 0.3) is 0 Å². The SMILES string of the molecule is O=S(=O)(Cc1cccc(C2CCN(Cc3c[nH]c4ccccc34)C2)c1)C1CC1. The summed E-state index contributed by atoms with van der Waals surface area (Å²) in [6.45, 7) is 3.06. The van der Waals surface area contributed by atoms with Crippen LogP contribution in [-0.4, -0.2) is 36.6 Å². The van der Waals surface area contributed by atoms with Gasteiger partial charge in [-0.25, -0.2) is 8.42 Å². The number of benzene rings is 2. The number of rotatable bonds is 6. The second-order valence-corrected chi connectivity index (χ2v) is 10.6. The maximum Gasteiger partial charge on any atom is 0.157 e. The maximum atomic E-state index is 12.3. The third-order valence-electron chi connectivity index (χ3n) is 6.16. The average Bonchev–Trinajstić information content (AvgIpc) is 3.34. The molecule has 1 aromatic heterocycles. The first-order chi connectivity index (χ1) is 13.6. The van der Waals surface area contributed by atoms with E-state index in [1.807, 2.05) is 12.1 Å². The van der Waals surface area contributed by atoms with Crippen molar-refractivity contribution in [3.05, 3.63) is 71.4 Å². The summed E-state index contributed by atoms with van der Waals surface area (Å²) >= 11 is 0. The number of para-hydroxylation sites is 1. The van der Waals surface area contributed by atoms with Crippen molar-refractivity contribution in [1.29, 1.82) is 0 Å².